The van der Waals surface area contributed by atoms with E-state index in [-0.39, 0.29) is 18.6 Å². The smallest absolute Gasteiger partial charge is 0.331 e. The van der Waals surface area contributed by atoms with Crippen LogP contribution >= 0.6 is 0 Å². The van der Waals surface area contributed by atoms with Gasteiger partial charge < -0.3 is 14.4 Å². The molecule has 5 heteroatoms. The van der Waals surface area contributed by atoms with Crippen molar-refractivity contribution < 1.29 is 19.1 Å². The number of hydrogen-bond acceptors (Lipinski definition) is 4. The van der Waals surface area contributed by atoms with Gasteiger partial charge in [0.05, 0.1) is 7.11 Å². The van der Waals surface area contributed by atoms with E-state index in [1.807, 2.05) is 62.4 Å². The van der Waals surface area contributed by atoms with Gasteiger partial charge in [0, 0.05) is 24.2 Å². The highest BCUT2D eigenvalue weighted by Gasteiger charge is 2.18. The fraction of sp³-hybridized carbons (Fsp3) is 0.273. The first-order valence-electron chi connectivity index (χ1n) is 8.82. The number of nitrogens with zero attached hydrogens (tertiary/aromatic N) is 1. The molecule has 0 unspecified atom stereocenters. The largest absolute Gasteiger partial charge is 0.496 e. The number of carbonyl (C=O) groups excluding carboxylic acids is 2. The average molecular weight is 367 g/mol. The summed E-state index contributed by atoms with van der Waals surface area (Å²) in [5.74, 6) is -0.142. The zero-order valence-corrected chi connectivity index (χ0v) is 15.9. The van der Waals surface area contributed by atoms with Crippen LogP contribution in [0.15, 0.2) is 60.7 Å². The van der Waals surface area contributed by atoms with Crippen LogP contribution in [-0.2, 0) is 20.9 Å². The molecular formula is C22H25NO4. The molecule has 0 atom stereocenters. The van der Waals surface area contributed by atoms with Gasteiger partial charge in [0.15, 0.2) is 6.61 Å². The number of ether oxygens (including phenoxy) is 2. The molecule has 0 aliphatic carbocycles. The summed E-state index contributed by atoms with van der Waals surface area (Å²) in [5.41, 5.74) is 1.79. The van der Waals surface area contributed by atoms with Gasteiger partial charge in [-0.15, -0.1) is 0 Å². The fourth-order valence-electron chi connectivity index (χ4n) is 2.56. The lowest BCUT2D eigenvalue weighted by molar-refractivity contribution is -0.149. The van der Waals surface area contributed by atoms with Crippen LogP contribution < -0.4 is 4.74 Å². The van der Waals surface area contributed by atoms with E-state index in [0.29, 0.717) is 12.3 Å². The Hall–Kier alpha value is -3.08. The minimum absolute atomic E-state index is 0.000491. The standard InChI is InChI=1S/C22H25NO4/c1-17(2)23(15-18-9-5-4-6-10-18)21(24)16-27-22(25)14-13-19-11-7-8-12-20(19)26-3/h4-14,17H,15-16H2,1-3H3/b14-13+. The van der Waals surface area contributed by atoms with E-state index in [1.54, 1.807) is 24.2 Å². The van der Waals surface area contributed by atoms with Crippen LogP contribution in [0.2, 0.25) is 0 Å². The quantitative estimate of drug-likeness (QED) is 0.527. The zero-order valence-electron chi connectivity index (χ0n) is 15.9. The van der Waals surface area contributed by atoms with Crippen LogP contribution in [-0.4, -0.2) is 36.5 Å². The van der Waals surface area contributed by atoms with Gasteiger partial charge >= 0.3 is 5.97 Å². The first kappa shape index (κ1) is 20.2. The van der Waals surface area contributed by atoms with Crippen molar-refractivity contribution in [3.05, 3.63) is 71.8 Å². The summed E-state index contributed by atoms with van der Waals surface area (Å²) in [7, 11) is 1.57. The van der Waals surface area contributed by atoms with Crippen LogP contribution in [0.5, 0.6) is 5.75 Å². The Bertz CT molecular complexity index is 784. The second kappa shape index (κ2) is 10.2. The van der Waals surface area contributed by atoms with Crippen molar-refractivity contribution in [2.24, 2.45) is 0 Å². The Balaban J connectivity index is 1.92. The molecule has 0 N–H and O–H groups in total. The van der Waals surface area contributed by atoms with E-state index in [4.69, 9.17) is 9.47 Å². The molecule has 0 spiro atoms. The molecule has 0 radical (unpaired) electrons. The number of amides is 1. The maximum Gasteiger partial charge on any atom is 0.331 e. The highest BCUT2D eigenvalue weighted by atomic mass is 16.5. The van der Waals surface area contributed by atoms with Gasteiger partial charge in [0.1, 0.15) is 5.75 Å². The van der Waals surface area contributed by atoms with Crippen molar-refractivity contribution in [2.45, 2.75) is 26.4 Å². The van der Waals surface area contributed by atoms with Crippen LogP contribution in [0.4, 0.5) is 0 Å². The number of benzene rings is 2. The summed E-state index contributed by atoms with van der Waals surface area (Å²) in [5, 5.41) is 0. The van der Waals surface area contributed by atoms with Crippen LogP contribution in [0.1, 0.15) is 25.0 Å². The molecule has 0 saturated heterocycles. The molecule has 0 bridgehead atoms. The summed E-state index contributed by atoms with van der Waals surface area (Å²) in [6, 6.07) is 17.0. The van der Waals surface area contributed by atoms with Gasteiger partial charge in [-0.2, -0.15) is 0 Å². The zero-order chi connectivity index (χ0) is 19.6. The van der Waals surface area contributed by atoms with E-state index < -0.39 is 5.97 Å². The summed E-state index contributed by atoms with van der Waals surface area (Å²) < 4.78 is 10.3. The first-order chi connectivity index (χ1) is 13.0. The molecule has 0 saturated carbocycles. The van der Waals surface area contributed by atoms with Crippen LogP contribution in [0, 0.1) is 0 Å². The molecule has 0 aliphatic heterocycles. The molecule has 142 valence electrons. The Labute approximate surface area is 160 Å². The molecule has 0 fully saturated rings. The van der Waals surface area contributed by atoms with Gasteiger partial charge in [0.2, 0.25) is 0 Å². The minimum Gasteiger partial charge on any atom is -0.496 e. The lowest BCUT2D eigenvalue weighted by atomic mass is 10.2. The van der Waals surface area contributed by atoms with E-state index in [2.05, 4.69) is 0 Å². The summed E-state index contributed by atoms with van der Waals surface area (Å²) >= 11 is 0. The molecule has 2 rings (SSSR count). The number of para-hydroxylation sites is 1. The molecule has 1 amide bonds. The lowest BCUT2D eigenvalue weighted by Gasteiger charge is -2.26. The minimum atomic E-state index is -0.572. The van der Waals surface area contributed by atoms with E-state index in [9.17, 15) is 9.59 Å². The lowest BCUT2D eigenvalue weighted by Crippen LogP contribution is -2.39. The third-order valence-electron chi connectivity index (χ3n) is 4.02. The third-order valence-corrected chi connectivity index (χ3v) is 4.02. The van der Waals surface area contributed by atoms with Crippen LogP contribution in [0.25, 0.3) is 6.08 Å². The van der Waals surface area contributed by atoms with E-state index in [1.165, 1.54) is 6.08 Å². The van der Waals surface area contributed by atoms with Crippen molar-refractivity contribution in [3.63, 3.8) is 0 Å². The van der Waals surface area contributed by atoms with Crippen molar-refractivity contribution in [2.75, 3.05) is 13.7 Å². The maximum absolute atomic E-state index is 12.5. The molecule has 2 aromatic rings. The molecule has 5 nitrogen and oxygen atoms in total. The van der Waals surface area contributed by atoms with Crippen LogP contribution in [0.3, 0.4) is 0 Å². The average Bonchev–Trinajstić information content (AvgIpc) is 2.69. The maximum atomic E-state index is 12.5. The molecule has 0 heterocycles. The Morgan fingerprint density at radius 2 is 1.70 bits per heavy atom. The molecular weight excluding hydrogens is 342 g/mol. The van der Waals surface area contributed by atoms with Gasteiger partial charge in [-0.1, -0.05) is 48.5 Å². The second-order valence-corrected chi connectivity index (χ2v) is 6.28. The first-order valence-corrected chi connectivity index (χ1v) is 8.82. The Kier molecular flexibility index (Phi) is 7.62. The third kappa shape index (κ3) is 6.29. The highest BCUT2D eigenvalue weighted by molar-refractivity contribution is 5.89. The Morgan fingerprint density at radius 3 is 2.37 bits per heavy atom. The van der Waals surface area contributed by atoms with Crippen molar-refractivity contribution in [1.29, 1.82) is 0 Å². The normalized spacial score (nSPS) is 10.8. The van der Waals surface area contributed by atoms with Crippen molar-refractivity contribution in [1.82, 2.24) is 4.90 Å². The molecule has 0 aliphatic rings. The number of esters is 1. The summed E-state index contributed by atoms with van der Waals surface area (Å²) in [6.07, 6.45) is 2.90. The molecule has 2 aromatic carbocycles. The van der Waals surface area contributed by atoms with Crippen molar-refractivity contribution in [3.8, 4) is 5.75 Å². The highest BCUT2D eigenvalue weighted by Crippen LogP contribution is 2.18. The Morgan fingerprint density at radius 1 is 1.04 bits per heavy atom. The number of carbonyl (C=O) groups is 2. The predicted octanol–water partition coefficient (Wildman–Crippen LogP) is 3.69. The topological polar surface area (TPSA) is 55.8 Å². The summed E-state index contributed by atoms with van der Waals surface area (Å²) in [6.45, 7) is 4.06. The van der Waals surface area contributed by atoms with Crippen molar-refractivity contribution >= 4 is 18.0 Å². The van der Waals surface area contributed by atoms with E-state index in [0.717, 1.165) is 11.1 Å². The molecule has 27 heavy (non-hydrogen) atoms. The summed E-state index contributed by atoms with van der Waals surface area (Å²) in [4.78, 5) is 26.1. The number of hydrogen-bond donors (Lipinski definition) is 0. The second-order valence-electron chi connectivity index (χ2n) is 6.28. The predicted molar refractivity (Wildman–Crippen MR) is 105 cm³/mol. The fourth-order valence-corrected chi connectivity index (χ4v) is 2.56. The number of methoxy groups -OCH3 is 1. The SMILES string of the molecule is COc1ccccc1/C=C/C(=O)OCC(=O)N(Cc1ccccc1)C(C)C. The van der Waals surface area contributed by atoms with Gasteiger partial charge in [0.25, 0.3) is 5.91 Å². The molecule has 0 aromatic heterocycles. The van der Waals surface area contributed by atoms with E-state index >= 15 is 0 Å². The number of rotatable bonds is 8. The van der Waals surface area contributed by atoms with Gasteiger partial charge in [-0.3, -0.25) is 4.79 Å². The monoisotopic (exact) mass is 367 g/mol. The van der Waals surface area contributed by atoms with Gasteiger partial charge in [-0.25, -0.2) is 4.79 Å². The van der Waals surface area contributed by atoms with Gasteiger partial charge in [-0.05, 0) is 31.6 Å².